The van der Waals surface area contributed by atoms with E-state index in [0.29, 0.717) is 23.8 Å². The van der Waals surface area contributed by atoms with Crippen molar-refractivity contribution in [3.63, 3.8) is 0 Å². The molecule has 2 aliphatic heterocycles. The highest BCUT2D eigenvalue weighted by Gasteiger charge is 2.57. The van der Waals surface area contributed by atoms with Crippen LogP contribution in [0.5, 0.6) is 5.75 Å². The third-order valence-corrected chi connectivity index (χ3v) is 8.19. The fourth-order valence-corrected chi connectivity index (χ4v) is 6.40. The Hall–Kier alpha value is -2.78. The molecule has 3 nitrogen and oxygen atoms in total. The van der Waals surface area contributed by atoms with Gasteiger partial charge < -0.3 is 10.0 Å². The Morgan fingerprint density at radius 2 is 1.85 bits per heavy atom. The van der Waals surface area contributed by atoms with Crippen LogP contribution in [0.2, 0.25) is 0 Å². The summed E-state index contributed by atoms with van der Waals surface area (Å²) in [6.45, 7) is 6.60. The highest BCUT2D eigenvalue weighted by molar-refractivity contribution is 5.76. The first-order chi connectivity index (χ1) is 16.1. The minimum absolute atomic E-state index is 0.391. The van der Waals surface area contributed by atoms with Crippen LogP contribution in [0.3, 0.4) is 0 Å². The summed E-state index contributed by atoms with van der Waals surface area (Å²) in [7, 11) is 0. The quantitative estimate of drug-likeness (QED) is 0.460. The number of hydrogen-bond donors (Lipinski definition) is 1. The molecule has 0 amide bonds. The monoisotopic (exact) mass is 438 g/mol. The van der Waals surface area contributed by atoms with E-state index in [1.54, 1.807) is 0 Å². The van der Waals surface area contributed by atoms with Crippen molar-refractivity contribution in [3.05, 3.63) is 89.0 Å². The van der Waals surface area contributed by atoms with Gasteiger partial charge in [-0.2, -0.15) is 0 Å². The Labute approximate surface area is 197 Å². The molecule has 33 heavy (non-hydrogen) atoms. The standard InChI is InChI=1S/C30H34N2O/c1-3-4-9-24-16-23-17-26(33)14-13-22(23)19-31(24)18-21-8-7-10-25(15-21)32-28-12-6-5-11-27(28)29-20(2)30(29)32/h5-8,10-15,17,20,24,29-30,33H,3-4,9,16,18-19H2,1-2H3. The topological polar surface area (TPSA) is 26.7 Å². The van der Waals surface area contributed by atoms with Gasteiger partial charge in [0.1, 0.15) is 5.75 Å². The minimum Gasteiger partial charge on any atom is -0.508 e. The molecule has 1 aliphatic carbocycles. The zero-order valence-electron chi connectivity index (χ0n) is 19.7. The molecular formula is C30H34N2O. The molecule has 4 unspecified atom stereocenters. The molecule has 1 fully saturated rings. The molecule has 6 rings (SSSR count). The molecule has 0 saturated heterocycles. The maximum Gasteiger partial charge on any atom is 0.115 e. The SMILES string of the molecule is CCCCC1Cc2cc(O)ccc2CN1Cc1cccc(N2c3ccccc3C3C(C)C32)c1. The molecular weight excluding hydrogens is 404 g/mol. The Balaban J connectivity index is 1.27. The number of nitrogens with zero attached hydrogens (tertiary/aromatic N) is 2. The Morgan fingerprint density at radius 3 is 2.73 bits per heavy atom. The average Bonchev–Trinajstić information content (AvgIpc) is 3.33. The van der Waals surface area contributed by atoms with Crippen LogP contribution in [-0.4, -0.2) is 22.1 Å². The first kappa shape index (κ1) is 20.8. The molecule has 170 valence electrons. The van der Waals surface area contributed by atoms with Crippen LogP contribution in [0.15, 0.2) is 66.7 Å². The molecule has 3 aliphatic rings. The molecule has 0 aromatic heterocycles. The van der Waals surface area contributed by atoms with E-state index in [9.17, 15) is 5.11 Å². The van der Waals surface area contributed by atoms with E-state index in [0.717, 1.165) is 25.4 Å². The number of phenolic OH excluding ortho intramolecular Hbond substituents is 1. The molecule has 2 heterocycles. The van der Waals surface area contributed by atoms with Crippen molar-refractivity contribution in [1.82, 2.24) is 4.90 Å². The van der Waals surface area contributed by atoms with Gasteiger partial charge in [-0.05, 0) is 71.3 Å². The molecule has 3 aromatic rings. The normalized spacial score (nSPS) is 25.5. The average molecular weight is 439 g/mol. The fraction of sp³-hybridized carbons (Fsp3) is 0.400. The first-order valence-electron chi connectivity index (χ1n) is 12.7. The van der Waals surface area contributed by atoms with Gasteiger partial charge in [-0.15, -0.1) is 0 Å². The van der Waals surface area contributed by atoms with Gasteiger partial charge in [-0.25, -0.2) is 0 Å². The maximum atomic E-state index is 9.98. The summed E-state index contributed by atoms with van der Waals surface area (Å²) in [5, 5.41) is 9.98. The second-order valence-corrected chi connectivity index (χ2v) is 10.3. The maximum absolute atomic E-state index is 9.98. The van der Waals surface area contributed by atoms with Gasteiger partial charge in [0, 0.05) is 42.5 Å². The molecule has 1 N–H and O–H groups in total. The number of phenols is 1. The summed E-state index contributed by atoms with van der Waals surface area (Å²) in [5.41, 5.74) is 8.34. The van der Waals surface area contributed by atoms with Crippen molar-refractivity contribution in [3.8, 4) is 5.75 Å². The summed E-state index contributed by atoms with van der Waals surface area (Å²) in [6, 6.07) is 25.3. The van der Waals surface area contributed by atoms with Crippen LogP contribution in [0, 0.1) is 5.92 Å². The van der Waals surface area contributed by atoms with E-state index in [2.05, 4.69) is 78.2 Å². The Morgan fingerprint density at radius 1 is 0.970 bits per heavy atom. The number of hydrogen-bond acceptors (Lipinski definition) is 3. The second kappa shape index (κ2) is 8.22. The number of anilines is 2. The van der Waals surface area contributed by atoms with Gasteiger partial charge in [0.25, 0.3) is 0 Å². The smallest absolute Gasteiger partial charge is 0.115 e. The van der Waals surface area contributed by atoms with Gasteiger partial charge in [-0.3, -0.25) is 4.90 Å². The summed E-state index contributed by atoms with van der Waals surface area (Å²) in [4.78, 5) is 5.26. The van der Waals surface area contributed by atoms with E-state index in [1.165, 1.54) is 52.9 Å². The summed E-state index contributed by atoms with van der Waals surface area (Å²) >= 11 is 0. The number of para-hydroxylation sites is 1. The predicted octanol–water partition coefficient (Wildman–Crippen LogP) is 6.76. The van der Waals surface area contributed by atoms with Crippen LogP contribution < -0.4 is 4.90 Å². The van der Waals surface area contributed by atoms with E-state index < -0.39 is 0 Å². The number of unbranched alkanes of at least 4 members (excludes halogenated alkanes) is 1. The number of rotatable bonds is 6. The summed E-state index contributed by atoms with van der Waals surface area (Å²) < 4.78 is 0. The van der Waals surface area contributed by atoms with E-state index >= 15 is 0 Å². The van der Waals surface area contributed by atoms with Crippen LogP contribution in [0.1, 0.15) is 61.3 Å². The van der Waals surface area contributed by atoms with Crippen LogP contribution in [0.4, 0.5) is 11.4 Å². The van der Waals surface area contributed by atoms with E-state index in [1.807, 2.05) is 12.1 Å². The Bertz CT molecular complexity index is 1170. The van der Waals surface area contributed by atoms with Crippen LogP contribution in [-0.2, 0) is 19.5 Å². The molecule has 4 atom stereocenters. The van der Waals surface area contributed by atoms with Gasteiger partial charge in [0.05, 0.1) is 0 Å². The van der Waals surface area contributed by atoms with Crippen molar-refractivity contribution in [2.24, 2.45) is 5.92 Å². The molecule has 0 bridgehead atoms. The van der Waals surface area contributed by atoms with Crippen molar-refractivity contribution < 1.29 is 5.11 Å². The van der Waals surface area contributed by atoms with Gasteiger partial charge in [0.15, 0.2) is 0 Å². The van der Waals surface area contributed by atoms with Crippen molar-refractivity contribution in [2.75, 3.05) is 4.90 Å². The van der Waals surface area contributed by atoms with Gasteiger partial charge >= 0.3 is 0 Å². The molecule has 3 aromatic carbocycles. The number of benzene rings is 3. The third-order valence-electron chi connectivity index (χ3n) is 8.19. The van der Waals surface area contributed by atoms with Gasteiger partial charge in [-0.1, -0.05) is 63.1 Å². The zero-order valence-corrected chi connectivity index (χ0v) is 19.7. The molecule has 3 heteroatoms. The highest BCUT2D eigenvalue weighted by Crippen LogP contribution is 2.62. The molecule has 1 saturated carbocycles. The molecule has 0 spiro atoms. The Kier molecular flexibility index (Phi) is 5.18. The number of aromatic hydroxyl groups is 1. The lowest BCUT2D eigenvalue weighted by molar-refractivity contribution is 0.151. The predicted molar refractivity (Wildman–Crippen MR) is 135 cm³/mol. The van der Waals surface area contributed by atoms with E-state index in [4.69, 9.17) is 0 Å². The lowest BCUT2D eigenvalue weighted by Gasteiger charge is -2.37. The lowest BCUT2D eigenvalue weighted by atomic mass is 9.90. The summed E-state index contributed by atoms with van der Waals surface area (Å²) in [6.07, 6.45) is 4.72. The fourth-order valence-electron chi connectivity index (χ4n) is 6.40. The zero-order chi connectivity index (χ0) is 22.5. The second-order valence-electron chi connectivity index (χ2n) is 10.3. The van der Waals surface area contributed by atoms with Crippen LogP contribution >= 0.6 is 0 Å². The van der Waals surface area contributed by atoms with Gasteiger partial charge in [0.2, 0.25) is 0 Å². The van der Waals surface area contributed by atoms with Crippen molar-refractivity contribution in [1.29, 1.82) is 0 Å². The lowest BCUT2D eigenvalue weighted by Crippen LogP contribution is -2.39. The van der Waals surface area contributed by atoms with Crippen molar-refractivity contribution >= 4 is 11.4 Å². The highest BCUT2D eigenvalue weighted by atomic mass is 16.3. The minimum atomic E-state index is 0.391. The van der Waals surface area contributed by atoms with Crippen LogP contribution in [0.25, 0.3) is 0 Å². The summed E-state index contributed by atoms with van der Waals surface area (Å²) in [5.74, 6) is 1.82. The third kappa shape index (κ3) is 3.63. The largest absolute Gasteiger partial charge is 0.508 e. The van der Waals surface area contributed by atoms with E-state index in [-0.39, 0.29) is 0 Å². The molecule has 0 radical (unpaired) electrons. The number of fused-ring (bicyclic) bond motifs is 4. The first-order valence-corrected chi connectivity index (χ1v) is 12.7. The van der Waals surface area contributed by atoms with Crippen molar-refractivity contribution in [2.45, 2.75) is 70.6 Å².